The molecule has 190 valence electrons. The topological polar surface area (TPSA) is 97.8 Å². The zero-order chi connectivity index (χ0) is 26.5. The maximum absolute atomic E-state index is 13.6. The fourth-order valence-electron chi connectivity index (χ4n) is 3.27. The lowest BCUT2D eigenvalue weighted by atomic mass is 9.98. The molecule has 3 aromatic rings. The van der Waals surface area contributed by atoms with Crippen molar-refractivity contribution in [3.63, 3.8) is 0 Å². The van der Waals surface area contributed by atoms with E-state index in [0.717, 1.165) is 6.07 Å². The van der Waals surface area contributed by atoms with E-state index in [-0.39, 0.29) is 45.6 Å². The summed E-state index contributed by atoms with van der Waals surface area (Å²) in [6.45, 7) is 0.321. The second-order valence-electron chi connectivity index (χ2n) is 7.91. The first-order valence-electron chi connectivity index (χ1n) is 10.6. The van der Waals surface area contributed by atoms with Crippen LogP contribution in [0.25, 0.3) is 11.3 Å². The van der Waals surface area contributed by atoms with Gasteiger partial charge in [0.1, 0.15) is 18.0 Å². The van der Waals surface area contributed by atoms with Crippen molar-refractivity contribution in [3.8, 4) is 22.8 Å². The zero-order valence-electron chi connectivity index (χ0n) is 19.2. The summed E-state index contributed by atoms with van der Waals surface area (Å²) in [5.74, 6) is -1.08. The van der Waals surface area contributed by atoms with Gasteiger partial charge in [-0.3, -0.25) is 9.59 Å². The van der Waals surface area contributed by atoms with Gasteiger partial charge in [-0.05, 0) is 55.5 Å². The summed E-state index contributed by atoms with van der Waals surface area (Å²) in [6.07, 6.45) is -2.10. The van der Waals surface area contributed by atoms with Gasteiger partial charge in [-0.15, -0.1) is 0 Å². The molecule has 0 aliphatic carbocycles. The van der Waals surface area contributed by atoms with E-state index in [4.69, 9.17) is 21.1 Å². The van der Waals surface area contributed by atoms with Gasteiger partial charge < -0.3 is 19.9 Å². The summed E-state index contributed by atoms with van der Waals surface area (Å²) in [5.41, 5.74) is -0.649. The standard InChI is InChI=1S/C25H22ClF3N2O5/c1-25(34,13-30-24(33)15-4-7-19(20(10-15)35-2)36-12-22(28)29)21-8-5-16(11-32)23(31-21)14-3-6-18(27)17(26)9-14/h3-11,22,34H,12-13H2,1-2H3,(H,30,33). The number of aromatic nitrogens is 1. The average molecular weight is 523 g/mol. The van der Waals surface area contributed by atoms with Crippen LogP contribution in [-0.2, 0) is 5.60 Å². The van der Waals surface area contributed by atoms with Gasteiger partial charge in [-0.25, -0.2) is 18.2 Å². The summed E-state index contributed by atoms with van der Waals surface area (Å²) in [7, 11) is 1.30. The first kappa shape index (κ1) is 27.0. The number of carbonyl (C=O) groups is 2. The smallest absolute Gasteiger partial charge is 0.272 e. The third-order valence-electron chi connectivity index (χ3n) is 5.18. The average Bonchev–Trinajstić information content (AvgIpc) is 2.87. The second-order valence-corrected chi connectivity index (χ2v) is 8.31. The van der Waals surface area contributed by atoms with E-state index >= 15 is 0 Å². The molecule has 2 aromatic carbocycles. The summed E-state index contributed by atoms with van der Waals surface area (Å²) >= 11 is 5.86. The third-order valence-corrected chi connectivity index (χ3v) is 5.47. The summed E-state index contributed by atoms with van der Waals surface area (Å²) in [6, 6.07) is 10.7. The SMILES string of the molecule is COc1cc(C(=O)NCC(C)(O)c2ccc(C=O)c(-c3ccc(F)c(Cl)c3)n2)ccc1OCC(F)F. The van der Waals surface area contributed by atoms with Gasteiger partial charge in [0, 0.05) is 16.7 Å². The molecule has 0 radical (unpaired) electrons. The van der Waals surface area contributed by atoms with Gasteiger partial charge >= 0.3 is 0 Å². The summed E-state index contributed by atoms with van der Waals surface area (Å²) in [5, 5.41) is 13.4. The number of rotatable bonds is 10. The minimum absolute atomic E-state index is 0.0502. The highest BCUT2D eigenvalue weighted by molar-refractivity contribution is 6.31. The van der Waals surface area contributed by atoms with Crippen molar-refractivity contribution in [2.24, 2.45) is 0 Å². The van der Waals surface area contributed by atoms with Crippen LogP contribution in [0.4, 0.5) is 13.2 Å². The Morgan fingerprint density at radius 3 is 2.58 bits per heavy atom. The van der Waals surface area contributed by atoms with Gasteiger partial charge in [-0.2, -0.15) is 0 Å². The van der Waals surface area contributed by atoms with Gasteiger partial charge in [0.05, 0.1) is 30.1 Å². The van der Waals surface area contributed by atoms with Gasteiger partial charge in [-0.1, -0.05) is 11.6 Å². The molecule has 1 unspecified atom stereocenters. The molecule has 1 heterocycles. The Balaban J connectivity index is 1.79. The first-order valence-corrected chi connectivity index (χ1v) is 10.9. The minimum atomic E-state index is -2.67. The predicted octanol–water partition coefficient (Wildman–Crippen LogP) is 4.64. The molecule has 0 fully saturated rings. The van der Waals surface area contributed by atoms with Crippen LogP contribution in [0.1, 0.15) is 33.3 Å². The van der Waals surface area contributed by atoms with Gasteiger partial charge in [0.2, 0.25) is 0 Å². The van der Waals surface area contributed by atoms with Crippen LogP contribution in [-0.4, -0.2) is 49.0 Å². The van der Waals surface area contributed by atoms with E-state index in [2.05, 4.69) is 10.3 Å². The lowest BCUT2D eigenvalue weighted by Crippen LogP contribution is -2.39. The van der Waals surface area contributed by atoms with E-state index in [9.17, 15) is 27.9 Å². The molecule has 3 rings (SSSR count). The van der Waals surface area contributed by atoms with Crippen molar-refractivity contribution in [2.45, 2.75) is 19.0 Å². The van der Waals surface area contributed by atoms with Crippen LogP contribution < -0.4 is 14.8 Å². The number of amides is 1. The molecular formula is C25H22ClF3N2O5. The first-order chi connectivity index (χ1) is 17.1. The van der Waals surface area contributed by atoms with Crippen LogP contribution in [0.5, 0.6) is 11.5 Å². The van der Waals surface area contributed by atoms with E-state index in [1.54, 1.807) is 0 Å². The monoisotopic (exact) mass is 522 g/mol. The van der Waals surface area contributed by atoms with Crippen LogP contribution in [0.2, 0.25) is 5.02 Å². The molecule has 1 aromatic heterocycles. The van der Waals surface area contributed by atoms with Crippen LogP contribution >= 0.6 is 11.6 Å². The van der Waals surface area contributed by atoms with Crippen molar-refractivity contribution in [1.82, 2.24) is 10.3 Å². The van der Waals surface area contributed by atoms with Crippen molar-refractivity contribution < 1.29 is 37.3 Å². The van der Waals surface area contributed by atoms with Gasteiger partial charge in [0.15, 0.2) is 17.8 Å². The summed E-state index contributed by atoms with van der Waals surface area (Å²) < 4.78 is 48.5. The number of aldehydes is 1. The maximum atomic E-state index is 13.6. The largest absolute Gasteiger partial charge is 0.493 e. The number of nitrogens with zero attached hydrogens (tertiary/aromatic N) is 1. The van der Waals surface area contributed by atoms with E-state index in [1.165, 1.54) is 56.5 Å². The van der Waals surface area contributed by atoms with Crippen molar-refractivity contribution in [3.05, 3.63) is 76.2 Å². The number of methoxy groups -OCH3 is 1. The van der Waals surface area contributed by atoms with Crippen LogP contribution in [0, 0.1) is 5.82 Å². The normalized spacial score (nSPS) is 12.7. The van der Waals surface area contributed by atoms with Crippen LogP contribution in [0.15, 0.2) is 48.5 Å². The fourth-order valence-corrected chi connectivity index (χ4v) is 3.45. The zero-order valence-corrected chi connectivity index (χ0v) is 20.0. The Kier molecular flexibility index (Phi) is 8.54. The molecule has 0 saturated heterocycles. The molecule has 0 aliphatic heterocycles. The Bertz CT molecular complexity index is 1270. The van der Waals surface area contributed by atoms with Crippen molar-refractivity contribution in [2.75, 3.05) is 20.3 Å². The molecule has 36 heavy (non-hydrogen) atoms. The highest BCUT2D eigenvalue weighted by Crippen LogP contribution is 2.30. The number of alkyl halides is 2. The highest BCUT2D eigenvalue weighted by atomic mass is 35.5. The number of benzene rings is 2. The Morgan fingerprint density at radius 1 is 1.19 bits per heavy atom. The number of hydrogen-bond donors (Lipinski definition) is 2. The van der Waals surface area contributed by atoms with Crippen LogP contribution in [0.3, 0.4) is 0 Å². The third kappa shape index (κ3) is 6.32. The number of ether oxygens (including phenoxy) is 2. The molecule has 11 heteroatoms. The number of halogens is 4. The minimum Gasteiger partial charge on any atom is -0.493 e. The van der Waals surface area contributed by atoms with Crippen molar-refractivity contribution >= 4 is 23.8 Å². The van der Waals surface area contributed by atoms with E-state index < -0.39 is 30.4 Å². The quantitative estimate of drug-likeness (QED) is 0.376. The number of aliphatic hydroxyl groups is 1. The lowest BCUT2D eigenvalue weighted by Gasteiger charge is -2.24. The molecular weight excluding hydrogens is 501 g/mol. The molecule has 1 atom stereocenters. The Morgan fingerprint density at radius 2 is 1.94 bits per heavy atom. The fraction of sp³-hybridized carbons (Fsp3) is 0.240. The summed E-state index contributed by atoms with van der Waals surface area (Å²) in [4.78, 5) is 28.6. The number of hydrogen-bond acceptors (Lipinski definition) is 6. The molecule has 0 spiro atoms. The molecule has 1 amide bonds. The molecule has 0 aliphatic rings. The maximum Gasteiger partial charge on any atom is 0.272 e. The van der Waals surface area contributed by atoms with Crippen molar-refractivity contribution in [1.29, 1.82) is 0 Å². The Hall–Kier alpha value is -3.63. The van der Waals surface area contributed by atoms with E-state index in [1.807, 2.05) is 0 Å². The van der Waals surface area contributed by atoms with E-state index in [0.29, 0.717) is 11.8 Å². The number of carbonyl (C=O) groups excluding carboxylic acids is 2. The molecule has 0 saturated carbocycles. The molecule has 2 N–H and O–H groups in total. The number of nitrogens with one attached hydrogen (secondary N) is 1. The molecule has 0 bridgehead atoms. The molecule has 7 nitrogen and oxygen atoms in total. The van der Waals surface area contributed by atoms with Gasteiger partial charge in [0.25, 0.3) is 12.3 Å². The lowest BCUT2D eigenvalue weighted by molar-refractivity contribution is 0.0490. The highest BCUT2D eigenvalue weighted by Gasteiger charge is 2.27. The predicted molar refractivity (Wildman–Crippen MR) is 126 cm³/mol. The second kappa shape index (κ2) is 11.4. The Labute approximate surface area is 209 Å². The number of pyridine rings is 1.